The Balaban J connectivity index is 4.50. The van der Waals surface area contributed by atoms with E-state index in [4.69, 9.17) is 14.2 Å². The van der Waals surface area contributed by atoms with Crippen molar-refractivity contribution in [1.29, 1.82) is 0 Å². The minimum absolute atomic E-state index is 0.000552. The Kier molecular flexibility index (Phi) is 40.4. The number of carbonyl (C=O) groups excluding carboxylic acids is 3. The molecule has 0 saturated heterocycles. The molecule has 8 heteroatoms. The zero-order chi connectivity index (χ0) is 45.6. The highest BCUT2D eigenvalue weighted by Crippen LogP contribution is 2.11. The molecular weight excluding hydrogens is 775 g/mol. The molecule has 0 radical (unpaired) electrons. The first kappa shape index (κ1) is 57.7. The van der Waals surface area contributed by atoms with Gasteiger partial charge in [0.2, 0.25) is 0 Å². The molecule has 2 atom stereocenters. The van der Waals surface area contributed by atoms with Crippen LogP contribution in [0.25, 0.3) is 0 Å². The summed E-state index contributed by atoms with van der Waals surface area (Å²) in [5.74, 6) is -1.86. The number of allylic oxidation sites excluding steroid dienone is 20. The maximum absolute atomic E-state index is 12.7. The van der Waals surface area contributed by atoms with Crippen LogP contribution in [0.4, 0.5) is 0 Å². The lowest BCUT2D eigenvalue weighted by Crippen LogP contribution is -2.55. The van der Waals surface area contributed by atoms with E-state index >= 15 is 0 Å². The predicted molar refractivity (Wildman–Crippen MR) is 258 cm³/mol. The maximum atomic E-state index is 12.7. The van der Waals surface area contributed by atoms with Crippen LogP contribution < -0.4 is 5.11 Å². The lowest BCUT2D eigenvalue weighted by molar-refractivity contribution is -0.889. The molecule has 0 saturated carbocycles. The van der Waals surface area contributed by atoms with Gasteiger partial charge in [0, 0.05) is 19.3 Å². The first-order chi connectivity index (χ1) is 30.1. The highest BCUT2D eigenvalue weighted by molar-refractivity contribution is 5.70. The number of quaternary nitrogens is 1. The summed E-state index contributed by atoms with van der Waals surface area (Å²) in [6, 6.07) is -0.749. The van der Waals surface area contributed by atoms with Gasteiger partial charge >= 0.3 is 11.9 Å². The van der Waals surface area contributed by atoms with E-state index < -0.39 is 18.1 Å². The number of unbranched alkanes of at least 4 members (excludes halogenated alkanes) is 9. The molecule has 0 bridgehead atoms. The van der Waals surface area contributed by atoms with Crippen LogP contribution in [0.1, 0.15) is 149 Å². The van der Waals surface area contributed by atoms with Gasteiger partial charge < -0.3 is 28.6 Å². The average Bonchev–Trinajstić information content (AvgIpc) is 3.23. The average molecular weight is 860 g/mol. The minimum Gasteiger partial charge on any atom is -0.544 e. The second-order valence-electron chi connectivity index (χ2n) is 16.3. The third kappa shape index (κ3) is 41.1. The van der Waals surface area contributed by atoms with Crippen LogP contribution in [-0.2, 0) is 28.6 Å². The van der Waals surface area contributed by atoms with Gasteiger partial charge in [0.25, 0.3) is 0 Å². The van der Waals surface area contributed by atoms with Crippen LogP contribution >= 0.6 is 0 Å². The Morgan fingerprint density at radius 2 is 0.984 bits per heavy atom. The van der Waals surface area contributed by atoms with E-state index in [1.165, 1.54) is 19.3 Å². The zero-order valence-electron chi connectivity index (χ0n) is 39.5. The minimum atomic E-state index is -1.14. The van der Waals surface area contributed by atoms with E-state index in [-0.39, 0.29) is 49.1 Å². The van der Waals surface area contributed by atoms with Crippen LogP contribution in [-0.4, -0.2) is 75.5 Å². The standard InChI is InChI=1S/C54H85NO7/c1-6-8-10-12-14-16-18-20-22-24-26-27-29-31-33-35-37-39-41-43-45-53(57)62-50(48-60-47-46-51(54(58)59)55(3,4)5)49-61-52(56)44-42-40-38-36-34-32-30-28-25-23-21-19-17-15-13-11-9-7-2/h8,10,14-17,19-23,25-28,30-31,33,37,39,50-51H,6-7,9,11-13,18,24,29,32,34-36,38,40-49H2,1-5H3/b10-8+,16-14+,17-15+,21-19+,22-20+,25-23+,27-26+,30-28+,33-31+,39-37+. The SMILES string of the molecule is CC/C=C/C/C=C/C/C=C/C/C=C/C/C=C/C/C=C/CCCC(=O)OC(COCCC(C(=O)[O-])[N+](C)(C)C)COC(=O)CCCCCCC/C=C/C=C/C=C/C=C/CCCCC. The van der Waals surface area contributed by atoms with Gasteiger partial charge in [0.1, 0.15) is 12.6 Å². The Morgan fingerprint density at radius 3 is 1.52 bits per heavy atom. The molecule has 0 aromatic carbocycles. The molecule has 348 valence electrons. The molecule has 0 aliphatic carbocycles. The lowest BCUT2D eigenvalue weighted by atomic mass is 10.1. The number of carboxylic acids is 1. The van der Waals surface area contributed by atoms with Crippen molar-refractivity contribution in [3.63, 3.8) is 0 Å². The summed E-state index contributed by atoms with van der Waals surface area (Å²) in [7, 11) is 5.37. The molecule has 0 N–H and O–H groups in total. The van der Waals surface area contributed by atoms with Gasteiger partial charge in [0.15, 0.2) is 6.10 Å². The molecule has 0 aliphatic heterocycles. The van der Waals surface area contributed by atoms with Crippen molar-refractivity contribution < 1.29 is 38.2 Å². The summed E-state index contributed by atoms with van der Waals surface area (Å²) in [6.45, 7) is 4.40. The quantitative estimate of drug-likeness (QED) is 0.0199. The molecule has 0 amide bonds. The van der Waals surface area contributed by atoms with Crippen molar-refractivity contribution in [2.24, 2.45) is 0 Å². The Hall–Kier alpha value is -4.27. The number of nitrogens with zero attached hydrogens (tertiary/aromatic N) is 1. The predicted octanol–water partition coefficient (Wildman–Crippen LogP) is 12.1. The molecule has 0 heterocycles. The molecule has 0 aliphatic rings. The molecule has 0 aromatic heterocycles. The summed E-state index contributed by atoms with van der Waals surface area (Å²) >= 11 is 0. The molecule has 8 nitrogen and oxygen atoms in total. The van der Waals surface area contributed by atoms with E-state index in [0.29, 0.717) is 12.8 Å². The number of carbonyl (C=O) groups is 3. The third-order valence-corrected chi connectivity index (χ3v) is 9.68. The molecule has 0 fully saturated rings. The van der Waals surface area contributed by atoms with Crippen molar-refractivity contribution >= 4 is 17.9 Å². The van der Waals surface area contributed by atoms with Gasteiger partial charge in [0.05, 0.1) is 40.3 Å². The van der Waals surface area contributed by atoms with Crippen molar-refractivity contribution in [1.82, 2.24) is 0 Å². The van der Waals surface area contributed by atoms with Crippen molar-refractivity contribution in [2.75, 3.05) is 41.0 Å². The van der Waals surface area contributed by atoms with Gasteiger partial charge in [-0.05, 0) is 83.5 Å². The van der Waals surface area contributed by atoms with Crippen LogP contribution in [0, 0.1) is 0 Å². The molecule has 0 spiro atoms. The summed E-state index contributed by atoms with van der Waals surface area (Å²) in [6.07, 6.45) is 60.8. The highest BCUT2D eigenvalue weighted by atomic mass is 16.6. The van der Waals surface area contributed by atoms with Crippen molar-refractivity contribution in [3.8, 4) is 0 Å². The van der Waals surface area contributed by atoms with Crippen LogP contribution in [0.3, 0.4) is 0 Å². The third-order valence-electron chi connectivity index (χ3n) is 9.68. The summed E-state index contributed by atoms with van der Waals surface area (Å²) in [4.78, 5) is 36.9. The highest BCUT2D eigenvalue weighted by Gasteiger charge is 2.25. The summed E-state index contributed by atoms with van der Waals surface area (Å²) in [5, 5.41) is 11.6. The molecular formula is C54H85NO7. The van der Waals surface area contributed by atoms with E-state index in [0.717, 1.165) is 89.9 Å². The number of hydrogen-bond acceptors (Lipinski definition) is 7. The fourth-order valence-electron chi connectivity index (χ4n) is 6.03. The second-order valence-corrected chi connectivity index (χ2v) is 16.3. The van der Waals surface area contributed by atoms with Crippen LogP contribution in [0.5, 0.6) is 0 Å². The fourth-order valence-corrected chi connectivity index (χ4v) is 6.03. The number of ether oxygens (including phenoxy) is 3. The fraction of sp³-hybridized carbons (Fsp3) is 0.574. The number of likely N-dealkylation sites (N-methyl/N-ethyl adjacent to an activating group) is 1. The maximum Gasteiger partial charge on any atom is 0.306 e. The van der Waals surface area contributed by atoms with Gasteiger partial charge in [-0.2, -0.15) is 0 Å². The first-order valence-corrected chi connectivity index (χ1v) is 23.6. The number of carboxylic acid groups (broad SMARTS) is 1. The van der Waals surface area contributed by atoms with Crippen LogP contribution in [0.15, 0.2) is 122 Å². The Bertz CT molecular complexity index is 1420. The molecule has 0 rings (SSSR count). The Morgan fingerprint density at radius 1 is 0.516 bits per heavy atom. The smallest absolute Gasteiger partial charge is 0.306 e. The van der Waals surface area contributed by atoms with Crippen LogP contribution in [0.2, 0.25) is 0 Å². The monoisotopic (exact) mass is 860 g/mol. The number of esters is 2. The number of rotatable bonds is 40. The summed E-state index contributed by atoms with van der Waals surface area (Å²) < 4.78 is 17.1. The largest absolute Gasteiger partial charge is 0.544 e. The van der Waals surface area contributed by atoms with Gasteiger partial charge in [-0.1, -0.05) is 167 Å². The van der Waals surface area contributed by atoms with E-state index in [2.05, 4.69) is 123 Å². The number of aliphatic carboxylic acids is 1. The normalized spacial score (nSPS) is 14.0. The second kappa shape index (κ2) is 43.4. The van der Waals surface area contributed by atoms with Gasteiger partial charge in [-0.15, -0.1) is 0 Å². The molecule has 62 heavy (non-hydrogen) atoms. The molecule has 2 unspecified atom stereocenters. The zero-order valence-corrected chi connectivity index (χ0v) is 39.5. The van der Waals surface area contributed by atoms with Gasteiger partial charge in [-0.3, -0.25) is 9.59 Å². The summed E-state index contributed by atoms with van der Waals surface area (Å²) in [5.41, 5.74) is 0. The topological polar surface area (TPSA) is 102 Å². The van der Waals surface area contributed by atoms with E-state index in [1.807, 2.05) is 12.2 Å². The van der Waals surface area contributed by atoms with E-state index in [1.54, 1.807) is 21.1 Å². The van der Waals surface area contributed by atoms with Crippen molar-refractivity contribution in [2.45, 2.75) is 161 Å². The van der Waals surface area contributed by atoms with Gasteiger partial charge in [-0.25, -0.2) is 0 Å². The van der Waals surface area contributed by atoms with Crippen molar-refractivity contribution in [3.05, 3.63) is 122 Å². The molecule has 0 aromatic rings. The Labute approximate surface area is 378 Å². The first-order valence-electron chi connectivity index (χ1n) is 23.6. The number of hydrogen-bond donors (Lipinski definition) is 0. The van der Waals surface area contributed by atoms with E-state index in [9.17, 15) is 19.5 Å². The lowest BCUT2D eigenvalue weighted by Gasteiger charge is -2.34.